The van der Waals surface area contributed by atoms with Crippen LogP contribution >= 0.6 is 0 Å². The summed E-state index contributed by atoms with van der Waals surface area (Å²) in [4.78, 5) is 0. The van der Waals surface area contributed by atoms with Gasteiger partial charge in [0.2, 0.25) is 0 Å². The Labute approximate surface area is 155 Å². The Hall–Kier alpha value is -2.51. The Morgan fingerprint density at radius 2 is 1.73 bits per heavy atom. The topological polar surface area (TPSA) is 54.3 Å². The maximum Gasteiger partial charge on any atom is 0.119 e. The summed E-state index contributed by atoms with van der Waals surface area (Å²) in [5.41, 5.74) is 1.93. The van der Waals surface area contributed by atoms with Crippen molar-refractivity contribution in [2.75, 3.05) is 14.2 Å². The van der Waals surface area contributed by atoms with Gasteiger partial charge in [0.05, 0.1) is 25.7 Å². The van der Waals surface area contributed by atoms with Crippen LogP contribution in [-0.4, -0.2) is 20.3 Å². The molecule has 1 N–H and O–H groups in total. The Morgan fingerprint density at radius 3 is 2.35 bits per heavy atom. The molecule has 0 aliphatic heterocycles. The fourth-order valence-electron chi connectivity index (χ4n) is 3.71. The molecular weight excluding hydrogens is 324 g/mol. The van der Waals surface area contributed by atoms with Crippen LogP contribution in [0.2, 0.25) is 0 Å². The van der Waals surface area contributed by atoms with Crippen molar-refractivity contribution >= 4 is 0 Å². The summed E-state index contributed by atoms with van der Waals surface area (Å²) in [6, 6.07) is 19.2. The molecule has 0 amide bonds. The van der Waals surface area contributed by atoms with Crippen LogP contribution in [0.5, 0.6) is 11.5 Å². The van der Waals surface area contributed by atoms with Crippen molar-refractivity contribution in [3.8, 4) is 17.6 Å². The standard InChI is InChI=1S/C22H26N2O2/c1-25-20-8-6-17(7-9-20)15-24-19-10-12-22(16-23,13-11-19)18-4-3-5-21(14-18)26-2/h3-9,14,19,24H,10-13,15H2,1-2H3/t19-,22+. The van der Waals surface area contributed by atoms with E-state index in [0.29, 0.717) is 6.04 Å². The fraction of sp³-hybridized carbons (Fsp3) is 0.409. The molecule has 0 aromatic heterocycles. The zero-order valence-electron chi connectivity index (χ0n) is 15.5. The maximum absolute atomic E-state index is 9.88. The van der Waals surface area contributed by atoms with Crippen LogP contribution in [0, 0.1) is 11.3 Å². The normalized spacial score (nSPS) is 22.4. The van der Waals surface area contributed by atoms with Gasteiger partial charge in [-0.1, -0.05) is 24.3 Å². The van der Waals surface area contributed by atoms with E-state index in [9.17, 15) is 5.26 Å². The lowest BCUT2D eigenvalue weighted by Gasteiger charge is -2.36. The first kappa shape index (κ1) is 18.3. The highest BCUT2D eigenvalue weighted by molar-refractivity contribution is 5.38. The van der Waals surface area contributed by atoms with E-state index < -0.39 is 5.41 Å². The minimum atomic E-state index is -0.396. The quantitative estimate of drug-likeness (QED) is 0.848. The van der Waals surface area contributed by atoms with Crippen LogP contribution in [0.3, 0.4) is 0 Å². The third kappa shape index (κ3) is 4.00. The maximum atomic E-state index is 9.88. The van der Waals surface area contributed by atoms with Crippen LogP contribution in [0.1, 0.15) is 36.8 Å². The minimum Gasteiger partial charge on any atom is -0.497 e. The van der Waals surface area contributed by atoms with Crippen molar-refractivity contribution in [2.45, 2.75) is 43.7 Å². The number of hydrogen-bond acceptors (Lipinski definition) is 4. The second-order valence-electron chi connectivity index (χ2n) is 6.93. The van der Waals surface area contributed by atoms with Crippen LogP contribution < -0.4 is 14.8 Å². The predicted octanol–water partition coefficient (Wildman–Crippen LogP) is 4.20. The number of benzene rings is 2. The lowest BCUT2D eigenvalue weighted by Crippen LogP contribution is -2.38. The highest BCUT2D eigenvalue weighted by atomic mass is 16.5. The van der Waals surface area contributed by atoms with E-state index >= 15 is 0 Å². The molecule has 136 valence electrons. The van der Waals surface area contributed by atoms with Crippen molar-refractivity contribution in [3.05, 3.63) is 59.7 Å². The van der Waals surface area contributed by atoms with Gasteiger partial charge in [0.1, 0.15) is 11.5 Å². The van der Waals surface area contributed by atoms with Gasteiger partial charge in [-0.3, -0.25) is 0 Å². The first-order chi connectivity index (χ1) is 12.7. The molecule has 1 aliphatic rings. The van der Waals surface area contributed by atoms with Gasteiger partial charge >= 0.3 is 0 Å². The number of nitrogens with zero attached hydrogens (tertiary/aromatic N) is 1. The minimum absolute atomic E-state index is 0.396. The van der Waals surface area contributed by atoms with E-state index in [1.807, 2.05) is 30.3 Å². The van der Waals surface area contributed by atoms with E-state index in [2.05, 4.69) is 29.6 Å². The highest BCUT2D eigenvalue weighted by Crippen LogP contribution is 2.40. The van der Waals surface area contributed by atoms with Gasteiger partial charge in [-0.15, -0.1) is 0 Å². The van der Waals surface area contributed by atoms with Gasteiger partial charge in [-0.05, 0) is 61.1 Å². The summed E-state index contributed by atoms with van der Waals surface area (Å²) in [5, 5.41) is 13.5. The Morgan fingerprint density at radius 1 is 1.04 bits per heavy atom. The SMILES string of the molecule is COc1ccc(CN[C@H]2CC[C@@](C#N)(c3cccc(OC)c3)CC2)cc1. The number of methoxy groups -OCH3 is 2. The first-order valence-corrected chi connectivity index (χ1v) is 9.11. The van der Waals surface area contributed by atoms with Crippen LogP contribution in [-0.2, 0) is 12.0 Å². The summed E-state index contributed by atoms with van der Waals surface area (Å²) < 4.78 is 10.5. The van der Waals surface area contributed by atoms with E-state index in [4.69, 9.17) is 9.47 Å². The third-order valence-electron chi connectivity index (χ3n) is 5.43. The van der Waals surface area contributed by atoms with Gasteiger partial charge in [0, 0.05) is 12.6 Å². The number of ether oxygens (including phenoxy) is 2. The number of hydrogen-bond donors (Lipinski definition) is 1. The lowest BCUT2D eigenvalue weighted by molar-refractivity contribution is 0.294. The van der Waals surface area contributed by atoms with Crippen molar-refractivity contribution in [1.82, 2.24) is 5.32 Å². The zero-order valence-corrected chi connectivity index (χ0v) is 15.5. The molecule has 0 bridgehead atoms. The molecule has 0 unspecified atom stereocenters. The smallest absolute Gasteiger partial charge is 0.119 e. The largest absolute Gasteiger partial charge is 0.497 e. The summed E-state index contributed by atoms with van der Waals surface area (Å²) >= 11 is 0. The summed E-state index contributed by atoms with van der Waals surface area (Å²) in [6.45, 7) is 0.841. The van der Waals surface area contributed by atoms with Gasteiger partial charge in [0.15, 0.2) is 0 Å². The third-order valence-corrected chi connectivity index (χ3v) is 5.43. The molecule has 0 spiro atoms. The van der Waals surface area contributed by atoms with E-state index in [1.54, 1.807) is 14.2 Å². The highest BCUT2D eigenvalue weighted by Gasteiger charge is 2.37. The summed E-state index contributed by atoms with van der Waals surface area (Å²) in [7, 11) is 3.34. The molecule has 26 heavy (non-hydrogen) atoms. The van der Waals surface area contributed by atoms with Crippen LogP contribution in [0.25, 0.3) is 0 Å². The van der Waals surface area contributed by atoms with Crippen molar-refractivity contribution in [1.29, 1.82) is 5.26 Å². The lowest BCUT2D eigenvalue weighted by atomic mass is 9.69. The molecule has 0 heterocycles. The second kappa shape index (κ2) is 8.25. The Kier molecular flexibility index (Phi) is 5.80. The molecular formula is C22H26N2O2. The van der Waals surface area contributed by atoms with E-state index in [-0.39, 0.29) is 0 Å². The molecule has 3 rings (SSSR count). The average Bonchev–Trinajstić information content (AvgIpc) is 2.73. The van der Waals surface area contributed by atoms with Crippen molar-refractivity contribution in [2.24, 2.45) is 0 Å². The van der Waals surface area contributed by atoms with Gasteiger partial charge < -0.3 is 14.8 Å². The molecule has 4 nitrogen and oxygen atoms in total. The molecule has 1 aliphatic carbocycles. The summed E-state index contributed by atoms with van der Waals surface area (Å²) in [5.74, 6) is 1.69. The molecule has 0 radical (unpaired) electrons. The number of nitrogens with one attached hydrogen (secondary N) is 1. The van der Waals surface area contributed by atoms with Crippen molar-refractivity contribution in [3.63, 3.8) is 0 Å². The van der Waals surface area contributed by atoms with Gasteiger partial charge in [-0.25, -0.2) is 0 Å². The second-order valence-corrected chi connectivity index (χ2v) is 6.93. The summed E-state index contributed by atoms with van der Waals surface area (Å²) in [6.07, 6.45) is 3.75. The Balaban J connectivity index is 1.59. The predicted molar refractivity (Wildman–Crippen MR) is 102 cm³/mol. The number of rotatable bonds is 6. The molecule has 1 fully saturated rings. The Bertz CT molecular complexity index is 756. The monoisotopic (exact) mass is 350 g/mol. The van der Waals surface area contributed by atoms with Gasteiger partial charge in [-0.2, -0.15) is 5.26 Å². The average molecular weight is 350 g/mol. The van der Waals surface area contributed by atoms with Gasteiger partial charge in [0.25, 0.3) is 0 Å². The molecule has 4 heteroatoms. The molecule has 2 aromatic rings. The first-order valence-electron chi connectivity index (χ1n) is 9.11. The molecule has 1 saturated carbocycles. The van der Waals surface area contributed by atoms with Crippen LogP contribution in [0.15, 0.2) is 48.5 Å². The zero-order chi connectivity index (χ0) is 18.4. The number of nitriles is 1. The molecule has 0 saturated heterocycles. The van der Waals surface area contributed by atoms with E-state index in [0.717, 1.165) is 49.3 Å². The molecule has 2 aromatic carbocycles. The van der Waals surface area contributed by atoms with Crippen LogP contribution in [0.4, 0.5) is 0 Å². The van der Waals surface area contributed by atoms with Crippen molar-refractivity contribution < 1.29 is 9.47 Å². The molecule has 0 atom stereocenters. The van der Waals surface area contributed by atoms with E-state index in [1.165, 1.54) is 5.56 Å². The fourth-order valence-corrected chi connectivity index (χ4v) is 3.71.